The Morgan fingerprint density at radius 2 is 1.96 bits per heavy atom. The van der Waals surface area contributed by atoms with Crippen LogP contribution in [0.25, 0.3) is 0 Å². The molecule has 136 valence electrons. The maximum absolute atomic E-state index is 12.5. The van der Waals surface area contributed by atoms with E-state index in [1.165, 1.54) is 10.6 Å². The van der Waals surface area contributed by atoms with Crippen LogP contribution >= 0.6 is 0 Å². The maximum atomic E-state index is 12.5. The number of nitrogens with zero attached hydrogens (tertiary/aromatic N) is 2. The topological polar surface area (TPSA) is 80.6 Å². The monoisotopic (exact) mass is 355 g/mol. The minimum absolute atomic E-state index is 0.141. The van der Waals surface area contributed by atoms with Crippen molar-refractivity contribution < 1.29 is 14.3 Å². The SMILES string of the molecule is Cn1cccc(C(=O)N2CC[C@H](NC(=O)OCc3ccccc3)C2)c1=O. The first kappa shape index (κ1) is 17.7. The summed E-state index contributed by atoms with van der Waals surface area (Å²) in [4.78, 5) is 38.1. The molecule has 2 amide bonds. The van der Waals surface area contributed by atoms with Crippen molar-refractivity contribution >= 4 is 12.0 Å². The van der Waals surface area contributed by atoms with Gasteiger partial charge < -0.3 is 19.5 Å². The quantitative estimate of drug-likeness (QED) is 0.902. The van der Waals surface area contributed by atoms with Gasteiger partial charge >= 0.3 is 6.09 Å². The molecule has 0 unspecified atom stereocenters. The van der Waals surface area contributed by atoms with Crippen LogP contribution in [-0.4, -0.2) is 40.6 Å². The van der Waals surface area contributed by atoms with Gasteiger partial charge in [0, 0.05) is 26.3 Å². The molecule has 1 atom stereocenters. The van der Waals surface area contributed by atoms with Crippen molar-refractivity contribution in [2.45, 2.75) is 19.1 Å². The van der Waals surface area contributed by atoms with E-state index >= 15 is 0 Å². The highest BCUT2D eigenvalue weighted by Crippen LogP contribution is 2.12. The van der Waals surface area contributed by atoms with Crippen molar-refractivity contribution in [3.05, 3.63) is 70.1 Å². The first-order valence-electron chi connectivity index (χ1n) is 8.47. The molecule has 1 aliphatic rings. The molecular weight excluding hydrogens is 334 g/mol. The first-order valence-corrected chi connectivity index (χ1v) is 8.47. The van der Waals surface area contributed by atoms with Crippen molar-refractivity contribution in [3.63, 3.8) is 0 Å². The van der Waals surface area contributed by atoms with Crippen LogP contribution in [0.2, 0.25) is 0 Å². The van der Waals surface area contributed by atoms with Gasteiger partial charge in [0.2, 0.25) is 0 Å². The number of likely N-dealkylation sites (tertiary alicyclic amines) is 1. The molecule has 2 heterocycles. The van der Waals surface area contributed by atoms with E-state index < -0.39 is 6.09 Å². The number of nitrogens with one attached hydrogen (secondary N) is 1. The number of carbonyl (C=O) groups excluding carboxylic acids is 2. The predicted molar refractivity (Wildman–Crippen MR) is 95.8 cm³/mol. The van der Waals surface area contributed by atoms with Crippen LogP contribution in [-0.2, 0) is 18.4 Å². The summed E-state index contributed by atoms with van der Waals surface area (Å²) >= 11 is 0. The van der Waals surface area contributed by atoms with E-state index in [9.17, 15) is 14.4 Å². The Morgan fingerprint density at radius 3 is 2.73 bits per heavy atom. The van der Waals surface area contributed by atoms with E-state index in [0.717, 1.165) is 5.56 Å². The number of carbonyl (C=O) groups is 2. The van der Waals surface area contributed by atoms with Crippen LogP contribution in [0.5, 0.6) is 0 Å². The van der Waals surface area contributed by atoms with Crippen LogP contribution in [0.3, 0.4) is 0 Å². The summed E-state index contributed by atoms with van der Waals surface area (Å²) in [6.45, 7) is 1.04. The number of hydrogen-bond donors (Lipinski definition) is 1. The summed E-state index contributed by atoms with van der Waals surface area (Å²) in [6, 6.07) is 12.4. The summed E-state index contributed by atoms with van der Waals surface area (Å²) in [5.74, 6) is -0.312. The van der Waals surface area contributed by atoms with Crippen LogP contribution < -0.4 is 10.9 Å². The third-order valence-corrected chi connectivity index (χ3v) is 4.36. The molecule has 0 bridgehead atoms. The summed E-state index contributed by atoms with van der Waals surface area (Å²) < 4.78 is 6.57. The second kappa shape index (κ2) is 7.86. The Morgan fingerprint density at radius 1 is 1.19 bits per heavy atom. The molecule has 3 rings (SSSR count). The van der Waals surface area contributed by atoms with Gasteiger partial charge in [-0.15, -0.1) is 0 Å². The average Bonchev–Trinajstić information content (AvgIpc) is 3.11. The molecule has 0 radical (unpaired) electrons. The summed E-state index contributed by atoms with van der Waals surface area (Å²) in [6.07, 6.45) is 1.72. The molecule has 1 saturated heterocycles. The lowest BCUT2D eigenvalue weighted by atomic mass is 10.2. The average molecular weight is 355 g/mol. The Balaban J connectivity index is 1.52. The summed E-state index contributed by atoms with van der Waals surface area (Å²) in [5.41, 5.74) is 0.726. The Hall–Kier alpha value is -3.09. The number of benzene rings is 1. The number of rotatable bonds is 4. The molecule has 26 heavy (non-hydrogen) atoms. The lowest BCUT2D eigenvalue weighted by Crippen LogP contribution is -2.40. The van der Waals surface area contributed by atoms with E-state index in [1.54, 1.807) is 24.2 Å². The normalized spacial score (nSPS) is 16.3. The van der Waals surface area contributed by atoms with Crippen LogP contribution in [0, 0.1) is 0 Å². The number of aryl methyl sites for hydroxylation is 1. The number of amides is 2. The molecule has 1 aromatic heterocycles. The molecule has 7 nitrogen and oxygen atoms in total. The van der Waals surface area contributed by atoms with Crippen molar-refractivity contribution in [1.82, 2.24) is 14.8 Å². The molecule has 1 aliphatic heterocycles. The van der Waals surface area contributed by atoms with Crippen molar-refractivity contribution in [2.75, 3.05) is 13.1 Å². The van der Waals surface area contributed by atoms with Crippen LogP contribution in [0.15, 0.2) is 53.5 Å². The molecule has 1 fully saturated rings. The Kier molecular flexibility index (Phi) is 5.36. The third kappa shape index (κ3) is 4.11. The fourth-order valence-electron chi connectivity index (χ4n) is 2.92. The molecule has 2 aromatic rings. The molecule has 7 heteroatoms. The fourth-order valence-corrected chi connectivity index (χ4v) is 2.92. The molecular formula is C19H21N3O4. The zero-order valence-electron chi connectivity index (χ0n) is 14.6. The van der Waals surface area contributed by atoms with Gasteiger partial charge in [0.1, 0.15) is 12.2 Å². The summed E-state index contributed by atoms with van der Waals surface area (Å²) in [5, 5.41) is 2.77. The minimum atomic E-state index is -0.510. The van der Waals surface area contributed by atoms with Gasteiger partial charge in [0.25, 0.3) is 11.5 Å². The number of aromatic nitrogens is 1. The standard InChI is InChI=1S/C19H21N3O4/c1-21-10-5-8-16(17(21)23)18(24)22-11-9-15(12-22)20-19(25)26-13-14-6-3-2-4-7-14/h2-8,10,15H,9,11-13H2,1H3,(H,20,25)/t15-/m0/s1. The second-order valence-electron chi connectivity index (χ2n) is 6.28. The van der Waals surface area contributed by atoms with Crippen LogP contribution in [0.1, 0.15) is 22.3 Å². The number of hydrogen-bond acceptors (Lipinski definition) is 4. The Labute approximate surface area is 151 Å². The van der Waals surface area contributed by atoms with Gasteiger partial charge in [-0.05, 0) is 24.1 Å². The van der Waals surface area contributed by atoms with Crippen molar-refractivity contribution in [1.29, 1.82) is 0 Å². The Bertz CT molecular complexity index is 847. The molecule has 0 spiro atoms. The predicted octanol–water partition coefficient (Wildman–Crippen LogP) is 1.53. The third-order valence-electron chi connectivity index (χ3n) is 4.36. The molecule has 0 saturated carbocycles. The van der Waals surface area contributed by atoms with E-state index in [4.69, 9.17) is 4.74 Å². The smallest absolute Gasteiger partial charge is 0.407 e. The lowest BCUT2D eigenvalue weighted by Gasteiger charge is -2.17. The van der Waals surface area contributed by atoms with Gasteiger partial charge in [-0.1, -0.05) is 30.3 Å². The zero-order chi connectivity index (χ0) is 18.5. The van der Waals surface area contributed by atoms with Gasteiger partial charge in [0.05, 0.1) is 6.04 Å². The van der Waals surface area contributed by atoms with E-state index in [0.29, 0.717) is 19.5 Å². The van der Waals surface area contributed by atoms with E-state index in [1.807, 2.05) is 30.3 Å². The van der Waals surface area contributed by atoms with Crippen molar-refractivity contribution in [2.24, 2.45) is 7.05 Å². The van der Waals surface area contributed by atoms with Gasteiger partial charge in [0.15, 0.2) is 0 Å². The number of ether oxygens (including phenoxy) is 1. The largest absolute Gasteiger partial charge is 0.445 e. The highest BCUT2D eigenvalue weighted by atomic mass is 16.5. The zero-order valence-corrected chi connectivity index (χ0v) is 14.6. The van der Waals surface area contributed by atoms with E-state index in [-0.39, 0.29) is 29.7 Å². The van der Waals surface area contributed by atoms with Crippen molar-refractivity contribution in [3.8, 4) is 0 Å². The fraction of sp³-hybridized carbons (Fsp3) is 0.316. The molecule has 1 aromatic carbocycles. The van der Waals surface area contributed by atoms with Gasteiger partial charge in [-0.2, -0.15) is 0 Å². The number of pyridine rings is 1. The highest BCUT2D eigenvalue weighted by Gasteiger charge is 2.29. The molecule has 0 aliphatic carbocycles. The summed E-state index contributed by atoms with van der Waals surface area (Å²) in [7, 11) is 1.61. The van der Waals surface area contributed by atoms with Gasteiger partial charge in [-0.3, -0.25) is 9.59 Å². The lowest BCUT2D eigenvalue weighted by molar-refractivity contribution is 0.0784. The first-order chi connectivity index (χ1) is 12.5. The maximum Gasteiger partial charge on any atom is 0.407 e. The number of alkyl carbamates (subject to hydrolysis) is 1. The minimum Gasteiger partial charge on any atom is -0.445 e. The van der Waals surface area contributed by atoms with Gasteiger partial charge in [-0.25, -0.2) is 4.79 Å². The van der Waals surface area contributed by atoms with E-state index in [2.05, 4.69) is 5.32 Å². The highest BCUT2D eigenvalue weighted by molar-refractivity contribution is 5.94. The van der Waals surface area contributed by atoms with Crippen LogP contribution in [0.4, 0.5) is 4.79 Å². The second-order valence-corrected chi connectivity index (χ2v) is 6.28. The molecule has 1 N–H and O–H groups in total.